The van der Waals surface area contributed by atoms with E-state index < -0.39 is 0 Å². The fourth-order valence-electron chi connectivity index (χ4n) is 1.76. The quantitative estimate of drug-likeness (QED) is 0.742. The standard InChI is InChI=1S/C12H15IN6O2/c1-4-19-6-8(10(17-19)11(20)14-2)15-12(21)9-7(13)5-18(3)16-9/h5-6H,4H2,1-3H3,(H,14,20)(H,15,21). The van der Waals surface area contributed by atoms with E-state index in [0.29, 0.717) is 17.9 Å². The van der Waals surface area contributed by atoms with E-state index in [1.807, 2.05) is 29.5 Å². The zero-order valence-corrected chi connectivity index (χ0v) is 14.0. The molecule has 0 radical (unpaired) electrons. The summed E-state index contributed by atoms with van der Waals surface area (Å²) in [5.41, 5.74) is 0.853. The summed E-state index contributed by atoms with van der Waals surface area (Å²) in [6, 6.07) is 0. The number of nitrogens with zero attached hydrogens (tertiary/aromatic N) is 4. The highest BCUT2D eigenvalue weighted by molar-refractivity contribution is 14.1. The molecule has 0 spiro atoms. The predicted molar refractivity (Wildman–Crippen MR) is 85.2 cm³/mol. The molecule has 0 aliphatic heterocycles. The minimum atomic E-state index is -0.374. The fraction of sp³-hybridized carbons (Fsp3) is 0.333. The molecule has 2 aromatic heterocycles. The number of amides is 2. The molecule has 2 heterocycles. The zero-order valence-electron chi connectivity index (χ0n) is 11.8. The van der Waals surface area contributed by atoms with Crippen LogP contribution in [-0.2, 0) is 13.6 Å². The van der Waals surface area contributed by atoms with Crippen LogP contribution >= 0.6 is 22.6 Å². The maximum atomic E-state index is 12.2. The molecule has 0 fully saturated rings. The summed E-state index contributed by atoms with van der Waals surface area (Å²) in [4.78, 5) is 24.0. The van der Waals surface area contributed by atoms with Crippen molar-refractivity contribution in [1.29, 1.82) is 0 Å². The summed E-state index contributed by atoms with van der Waals surface area (Å²) in [6.07, 6.45) is 3.36. The summed E-state index contributed by atoms with van der Waals surface area (Å²) in [5.74, 6) is -0.728. The van der Waals surface area contributed by atoms with Crippen LogP contribution in [0.3, 0.4) is 0 Å². The van der Waals surface area contributed by atoms with Gasteiger partial charge in [0.25, 0.3) is 11.8 Å². The molecule has 21 heavy (non-hydrogen) atoms. The van der Waals surface area contributed by atoms with Crippen molar-refractivity contribution in [2.45, 2.75) is 13.5 Å². The Morgan fingerprint density at radius 2 is 1.95 bits per heavy atom. The predicted octanol–water partition coefficient (Wildman–Crippen LogP) is 0.853. The first-order valence-corrected chi connectivity index (χ1v) is 7.34. The number of hydrogen-bond donors (Lipinski definition) is 2. The molecule has 9 heteroatoms. The number of hydrogen-bond acceptors (Lipinski definition) is 4. The van der Waals surface area contributed by atoms with E-state index in [9.17, 15) is 9.59 Å². The van der Waals surface area contributed by atoms with Gasteiger partial charge in [0.05, 0.1) is 9.26 Å². The van der Waals surface area contributed by atoms with Crippen molar-refractivity contribution in [2.24, 2.45) is 7.05 Å². The maximum Gasteiger partial charge on any atom is 0.277 e. The summed E-state index contributed by atoms with van der Waals surface area (Å²) in [6.45, 7) is 2.49. The van der Waals surface area contributed by atoms with E-state index >= 15 is 0 Å². The molecule has 0 aliphatic carbocycles. The number of anilines is 1. The first-order chi connectivity index (χ1) is 9.96. The Kier molecular flexibility index (Phi) is 4.60. The lowest BCUT2D eigenvalue weighted by Crippen LogP contribution is -2.22. The van der Waals surface area contributed by atoms with Gasteiger partial charge >= 0.3 is 0 Å². The highest BCUT2D eigenvalue weighted by Crippen LogP contribution is 2.17. The van der Waals surface area contributed by atoms with Crippen LogP contribution in [0.1, 0.15) is 27.9 Å². The molecule has 112 valence electrons. The van der Waals surface area contributed by atoms with Crippen molar-refractivity contribution >= 4 is 40.1 Å². The summed E-state index contributed by atoms with van der Waals surface area (Å²) >= 11 is 2.04. The smallest absolute Gasteiger partial charge is 0.277 e. The second-order valence-corrected chi connectivity index (χ2v) is 5.44. The van der Waals surface area contributed by atoms with Crippen molar-refractivity contribution in [1.82, 2.24) is 24.9 Å². The molecule has 0 aromatic carbocycles. The Morgan fingerprint density at radius 3 is 2.48 bits per heavy atom. The number of nitrogens with one attached hydrogen (secondary N) is 2. The summed E-state index contributed by atoms with van der Waals surface area (Å²) < 4.78 is 3.88. The number of halogens is 1. The third kappa shape index (κ3) is 3.23. The minimum Gasteiger partial charge on any atom is -0.354 e. The maximum absolute atomic E-state index is 12.2. The molecule has 8 nitrogen and oxygen atoms in total. The minimum absolute atomic E-state index is 0.179. The topological polar surface area (TPSA) is 93.8 Å². The number of carbonyl (C=O) groups excluding carboxylic acids is 2. The molecule has 0 aliphatic rings. The first-order valence-electron chi connectivity index (χ1n) is 6.26. The van der Waals surface area contributed by atoms with Gasteiger partial charge in [0.15, 0.2) is 11.4 Å². The average Bonchev–Trinajstić information content (AvgIpc) is 3.01. The molecule has 2 rings (SSSR count). The third-order valence-corrected chi connectivity index (χ3v) is 3.56. The Bertz CT molecular complexity index is 690. The summed E-state index contributed by atoms with van der Waals surface area (Å²) in [7, 11) is 3.25. The molecular weight excluding hydrogens is 387 g/mol. The van der Waals surface area contributed by atoms with Crippen LogP contribution in [0.15, 0.2) is 12.4 Å². The van der Waals surface area contributed by atoms with E-state index in [1.165, 1.54) is 7.05 Å². The molecule has 0 atom stereocenters. The van der Waals surface area contributed by atoms with Gasteiger partial charge in [0, 0.05) is 33.0 Å². The first kappa shape index (κ1) is 15.5. The van der Waals surface area contributed by atoms with Crippen molar-refractivity contribution < 1.29 is 9.59 Å². The van der Waals surface area contributed by atoms with Crippen LogP contribution in [-0.4, -0.2) is 38.4 Å². The van der Waals surface area contributed by atoms with Gasteiger partial charge in [-0.25, -0.2) is 0 Å². The van der Waals surface area contributed by atoms with Crippen LogP contribution in [0.25, 0.3) is 0 Å². The van der Waals surface area contributed by atoms with Gasteiger partial charge in [0.1, 0.15) is 0 Å². The van der Waals surface area contributed by atoms with E-state index in [-0.39, 0.29) is 17.5 Å². The number of aromatic nitrogens is 4. The normalized spacial score (nSPS) is 10.5. The van der Waals surface area contributed by atoms with Crippen LogP contribution in [0.2, 0.25) is 0 Å². The fourth-order valence-corrected chi connectivity index (χ4v) is 2.51. The van der Waals surface area contributed by atoms with E-state index in [1.54, 1.807) is 28.8 Å². The van der Waals surface area contributed by atoms with Gasteiger partial charge in [-0.15, -0.1) is 0 Å². The zero-order chi connectivity index (χ0) is 15.6. The SMILES string of the molecule is CCn1cc(NC(=O)c2nn(C)cc2I)c(C(=O)NC)n1. The van der Waals surface area contributed by atoms with Crippen LogP contribution in [0.4, 0.5) is 5.69 Å². The van der Waals surface area contributed by atoms with Crippen LogP contribution in [0.5, 0.6) is 0 Å². The highest BCUT2D eigenvalue weighted by Gasteiger charge is 2.20. The molecule has 0 saturated heterocycles. The Morgan fingerprint density at radius 1 is 1.24 bits per heavy atom. The van der Waals surface area contributed by atoms with Gasteiger partial charge in [0.2, 0.25) is 0 Å². The molecule has 2 aromatic rings. The largest absolute Gasteiger partial charge is 0.354 e. The van der Waals surface area contributed by atoms with Crippen molar-refractivity contribution in [3.63, 3.8) is 0 Å². The monoisotopic (exact) mass is 402 g/mol. The third-order valence-electron chi connectivity index (χ3n) is 2.78. The lowest BCUT2D eigenvalue weighted by Gasteiger charge is -2.03. The van der Waals surface area contributed by atoms with Crippen molar-refractivity contribution in [3.05, 3.63) is 27.4 Å². The molecule has 2 amide bonds. The molecule has 0 unspecified atom stereocenters. The van der Waals surface area contributed by atoms with Crippen LogP contribution in [0, 0.1) is 3.57 Å². The number of aryl methyl sites for hydroxylation is 2. The molecular formula is C12H15IN6O2. The lowest BCUT2D eigenvalue weighted by molar-refractivity contribution is 0.0958. The Balaban J connectivity index is 2.30. The Hall–Kier alpha value is -1.91. The second-order valence-electron chi connectivity index (χ2n) is 4.28. The van der Waals surface area contributed by atoms with Gasteiger partial charge in [-0.2, -0.15) is 10.2 Å². The summed E-state index contributed by atoms with van der Waals surface area (Å²) in [5, 5.41) is 13.4. The Labute approximate surface area is 135 Å². The van der Waals surface area contributed by atoms with E-state index in [2.05, 4.69) is 20.8 Å². The van der Waals surface area contributed by atoms with Gasteiger partial charge in [-0.3, -0.25) is 19.0 Å². The van der Waals surface area contributed by atoms with Gasteiger partial charge in [-0.1, -0.05) is 0 Å². The van der Waals surface area contributed by atoms with Gasteiger partial charge in [-0.05, 0) is 29.5 Å². The van der Waals surface area contributed by atoms with Gasteiger partial charge < -0.3 is 10.6 Å². The number of carbonyl (C=O) groups is 2. The molecule has 0 saturated carbocycles. The highest BCUT2D eigenvalue weighted by atomic mass is 127. The molecule has 0 bridgehead atoms. The number of rotatable bonds is 4. The van der Waals surface area contributed by atoms with E-state index in [0.717, 1.165) is 3.57 Å². The van der Waals surface area contributed by atoms with Crippen molar-refractivity contribution in [2.75, 3.05) is 12.4 Å². The average molecular weight is 402 g/mol. The van der Waals surface area contributed by atoms with Crippen LogP contribution < -0.4 is 10.6 Å². The lowest BCUT2D eigenvalue weighted by atomic mass is 10.3. The van der Waals surface area contributed by atoms with Crippen molar-refractivity contribution in [3.8, 4) is 0 Å². The van der Waals surface area contributed by atoms with E-state index in [4.69, 9.17) is 0 Å². The second kappa shape index (κ2) is 6.24. The molecule has 2 N–H and O–H groups in total.